The van der Waals surface area contributed by atoms with Crippen molar-refractivity contribution in [3.8, 4) is 10.6 Å². The normalized spacial score (nSPS) is 11.6. The van der Waals surface area contributed by atoms with E-state index in [1.54, 1.807) is 17.5 Å². The van der Waals surface area contributed by atoms with Gasteiger partial charge in [0.2, 0.25) is 5.70 Å². The topological polar surface area (TPSA) is 56.0 Å². The lowest BCUT2D eigenvalue weighted by atomic mass is 10.2. The molecule has 18 heavy (non-hydrogen) atoms. The van der Waals surface area contributed by atoms with E-state index in [0.29, 0.717) is 10.7 Å². The summed E-state index contributed by atoms with van der Waals surface area (Å²) < 4.78 is 12.8. The predicted octanol–water partition coefficient (Wildman–Crippen LogP) is 3.59. The molecule has 1 aromatic carbocycles. The lowest BCUT2D eigenvalue weighted by molar-refractivity contribution is -0.422. The first-order chi connectivity index (χ1) is 8.56. The smallest absolute Gasteiger partial charge is 0.245 e. The lowest BCUT2D eigenvalue weighted by Gasteiger charge is -1.94. The molecule has 1 heterocycles. The molecule has 0 atom stereocenters. The van der Waals surface area contributed by atoms with Gasteiger partial charge in [-0.1, -0.05) is 0 Å². The third-order valence-corrected chi connectivity index (χ3v) is 3.17. The molecule has 0 aliphatic rings. The molecule has 4 nitrogen and oxygen atoms in total. The van der Waals surface area contributed by atoms with Crippen LogP contribution in [0.5, 0.6) is 0 Å². The molecule has 2 rings (SSSR count). The van der Waals surface area contributed by atoms with Crippen molar-refractivity contribution in [1.82, 2.24) is 4.98 Å². The van der Waals surface area contributed by atoms with Gasteiger partial charge in [-0.3, -0.25) is 10.1 Å². The van der Waals surface area contributed by atoms with Gasteiger partial charge in [-0.2, -0.15) is 0 Å². The molecule has 1 aromatic heterocycles. The average molecular weight is 264 g/mol. The maximum absolute atomic E-state index is 12.8. The zero-order valence-electron chi connectivity index (χ0n) is 9.46. The van der Waals surface area contributed by atoms with Crippen molar-refractivity contribution in [2.45, 2.75) is 6.92 Å². The fourth-order valence-corrected chi connectivity index (χ4v) is 2.13. The second-order valence-corrected chi connectivity index (χ2v) is 4.49. The van der Waals surface area contributed by atoms with E-state index in [-0.39, 0.29) is 11.5 Å². The molecule has 0 bridgehead atoms. The standard InChI is InChI=1S/C12H9FN2O2S/c1-8(15(16)17)6-11-7-18-12(14-11)9-2-4-10(13)5-3-9/h2-7H,1H3/b8-6+. The summed E-state index contributed by atoms with van der Waals surface area (Å²) >= 11 is 1.36. The van der Waals surface area contributed by atoms with Crippen LogP contribution in [-0.4, -0.2) is 9.91 Å². The molecule has 0 aliphatic carbocycles. The zero-order chi connectivity index (χ0) is 13.1. The summed E-state index contributed by atoms with van der Waals surface area (Å²) in [6.45, 7) is 1.41. The first kappa shape index (κ1) is 12.4. The number of allylic oxidation sites excluding steroid dienone is 1. The van der Waals surface area contributed by atoms with Crippen molar-refractivity contribution in [1.29, 1.82) is 0 Å². The number of hydrogen-bond acceptors (Lipinski definition) is 4. The van der Waals surface area contributed by atoms with E-state index in [1.807, 2.05) is 0 Å². The first-order valence-corrected chi connectivity index (χ1v) is 5.98. The quantitative estimate of drug-likeness (QED) is 0.628. The summed E-state index contributed by atoms with van der Waals surface area (Å²) in [5, 5.41) is 12.9. The van der Waals surface area contributed by atoms with Gasteiger partial charge in [-0.25, -0.2) is 9.37 Å². The number of nitrogens with zero attached hydrogens (tertiary/aromatic N) is 2. The molecular weight excluding hydrogens is 255 g/mol. The molecule has 0 unspecified atom stereocenters. The van der Waals surface area contributed by atoms with Crippen molar-refractivity contribution in [3.63, 3.8) is 0 Å². The largest absolute Gasteiger partial charge is 0.259 e. The van der Waals surface area contributed by atoms with Gasteiger partial charge in [0.15, 0.2) is 0 Å². The summed E-state index contributed by atoms with van der Waals surface area (Å²) in [4.78, 5) is 14.3. The lowest BCUT2D eigenvalue weighted by Crippen LogP contribution is -1.92. The van der Waals surface area contributed by atoms with Gasteiger partial charge in [0, 0.05) is 23.9 Å². The molecule has 6 heteroatoms. The molecule has 92 valence electrons. The van der Waals surface area contributed by atoms with Crippen LogP contribution in [-0.2, 0) is 0 Å². The molecule has 0 amide bonds. The number of hydrogen-bond donors (Lipinski definition) is 0. The Labute approximate surface area is 107 Å². The summed E-state index contributed by atoms with van der Waals surface area (Å²) in [7, 11) is 0. The van der Waals surface area contributed by atoms with E-state index in [0.717, 1.165) is 5.56 Å². The maximum Gasteiger partial charge on any atom is 0.245 e. The van der Waals surface area contributed by atoms with Gasteiger partial charge < -0.3 is 0 Å². The van der Waals surface area contributed by atoms with Crippen LogP contribution in [0.1, 0.15) is 12.6 Å². The fraction of sp³-hybridized carbons (Fsp3) is 0.0833. The van der Waals surface area contributed by atoms with E-state index in [2.05, 4.69) is 4.98 Å². The summed E-state index contributed by atoms with van der Waals surface area (Å²) in [6, 6.07) is 5.97. The highest BCUT2D eigenvalue weighted by atomic mass is 32.1. The fourth-order valence-electron chi connectivity index (χ4n) is 1.34. The van der Waals surface area contributed by atoms with Crippen molar-refractivity contribution in [2.24, 2.45) is 0 Å². The molecule has 0 radical (unpaired) electrons. The summed E-state index contributed by atoms with van der Waals surface area (Å²) in [5.41, 5.74) is 1.36. The minimum absolute atomic E-state index is 0.0333. The molecule has 0 saturated carbocycles. The van der Waals surface area contributed by atoms with Gasteiger partial charge in [0.05, 0.1) is 10.6 Å². The second kappa shape index (κ2) is 5.05. The third kappa shape index (κ3) is 2.78. The number of halogens is 1. The Morgan fingerprint density at radius 2 is 2.11 bits per heavy atom. The van der Waals surface area contributed by atoms with Crippen LogP contribution in [0.4, 0.5) is 4.39 Å². The second-order valence-electron chi connectivity index (χ2n) is 3.63. The van der Waals surface area contributed by atoms with Gasteiger partial charge in [-0.05, 0) is 24.3 Å². The number of rotatable bonds is 3. The van der Waals surface area contributed by atoms with Crippen molar-refractivity contribution in [2.75, 3.05) is 0 Å². The van der Waals surface area contributed by atoms with E-state index < -0.39 is 4.92 Å². The maximum atomic E-state index is 12.8. The number of thiazole rings is 1. The zero-order valence-corrected chi connectivity index (χ0v) is 10.3. The molecule has 0 aliphatic heterocycles. The van der Waals surface area contributed by atoms with E-state index in [9.17, 15) is 14.5 Å². The third-order valence-electron chi connectivity index (χ3n) is 2.26. The minimum Gasteiger partial charge on any atom is -0.259 e. The van der Waals surface area contributed by atoms with Crippen molar-refractivity contribution < 1.29 is 9.31 Å². The van der Waals surface area contributed by atoms with Gasteiger partial charge in [0.25, 0.3) is 0 Å². The van der Waals surface area contributed by atoms with Crippen LogP contribution in [0, 0.1) is 15.9 Å². The molecule has 0 fully saturated rings. The Morgan fingerprint density at radius 1 is 1.44 bits per heavy atom. The summed E-state index contributed by atoms with van der Waals surface area (Å²) in [5.74, 6) is -0.306. The summed E-state index contributed by atoms with van der Waals surface area (Å²) in [6.07, 6.45) is 1.41. The van der Waals surface area contributed by atoms with Crippen LogP contribution >= 0.6 is 11.3 Å². The highest BCUT2D eigenvalue weighted by Gasteiger charge is 2.07. The number of nitro groups is 1. The average Bonchev–Trinajstić information content (AvgIpc) is 2.78. The highest BCUT2D eigenvalue weighted by molar-refractivity contribution is 7.13. The van der Waals surface area contributed by atoms with Crippen LogP contribution in [0.25, 0.3) is 16.6 Å². The van der Waals surface area contributed by atoms with Crippen LogP contribution in [0.15, 0.2) is 35.3 Å². The Kier molecular flexibility index (Phi) is 3.47. The highest BCUT2D eigenvalue weighted by Crippen LogP contribution is 2.24. The molecule has 0 spiro atoms. The Morgan fingerprint density at radius 3 is 2.72 bits per heavy atom. The monoisotopic (exact) mass is 264 g/mol. The van der Waals surface area contributed by atoms with Crippen LogP contribution in [0.2, 0.25) is 0 Å². The molecule has 0 N–H and O–H groups in total. The van der Waals surface area contributed by atoms with Gasteiger partial charge in [0.1, 0.15) is 10.8 Å². The van der Waals surface area contributed by atoms with Crippen molar-refractivity contribution in [3.05, 3.63) is 57.0 Å². The SMILES string of the molecule is C/C(=C\c1csc(-c2ccc(F)cc2)n1)[N+](=O)[O-]. The number of aromatic nitrogens is 1. The van der Waals surface area contributed by atoms with Crippen LogP contribution < -0.4 is 0 Å². The Hall–Kier alpha value is -2.08. The van der Waals surface area contributed by atoms with E-state index >= 15 is 0 Å². The molecular formula is C12H9FN2O2S. The van der Waals surface area contributed by atoms with Gasteiger partial charge in [-0.15, -0.1) is 11.3 Å². The van der Waals surface area contributed by atoms with E-state index in [4.69, 9.17) is 0 Å². The predicted molar refractivity (Wildman–Crippen MR) is 68.2 cm³/mol. The Bertz CT molecular complexity index is 605. The first-order valence-electron chi connectivity index (χ1n) is 5.10. The van der Waals surface area contributed by atoms with Gasteiger partial charge >= 0.3 is 0 Å². The molecule has 0 saturated heterocycles. The Balaban J connectivity index is 2.28. The van der Waals surface area contributed by atoms with E-state index in [1.165, 1.54) is 36.5 Å². The number of benzene rings is 1. The molecule has 2 aromatic rings. The minimum atomic E-state index is -0.461. The van der Waals surface area contributed by atoms with Crippen molar-refractivity contribution >= 4 is 17.4 Å². The van der Waals surface area contributed by atoms with Crippen LogP contribution in [0.3, 0.4) is 0 Å².